The van der Waals surface area contributed by atoms with Gasteiger partial charge in [0.2, 0.25) is 0 Å². The van der Waals surface area contributed by atoms with E-state index in [0.717, 1.165) is 28.3 Å². The SMILES string of the molecule is OCc1cc(OCC2CC2)ccc1Br. The molecule has 1 aromatic carbocycles. The predicted octanol–water partition coefficient (Wildman–Crippen LogP) is 2.73. The largest absolute Gasteiger partial charge is 0.493 e. The van der Waals surface area contributed by atoms with Gasteiger partial charge in [-0.2, -0.15) is 0 Å². The summed E-state index contributed by atoms with van der Waals surface area (Å²) in [5.74, 6) is 1.61. The maximum Gasteiger partial charge on any atom is 0.119 e. The van der Waals surface area contributed by atoms with Crippen molar-refractivity contribution in [3.05, 3.63) is 28.2 Å². The summed E-state index contributed by atoms with van der Waals surface area (Å²) in [4.78, 5) is 0. The summed E-state index contributed by atoms with van der Waals surface area (Å²) in [7, 11) is 0. The topological polar surface area (TPSA) is 29.5 Å². The lowest BCUT2D eigenvalue weighted by Crippen LogP contribution is -1.99. The average molecular weight is 257 g/mol. The van der Waals surface area contributed by atoms with Gasteiger partial charge in [-0.3, -0.25) is 0 Å². The van der Waals surface area contributed by atoms with Gasteiger partial charge in [-0.1, -0.05) is 15.9 Å². The highest BCUT2D eigenvalue weighted by molar-refractivity contribution is 9.10. The number of rotatable bonds is 4. The number of aliphatic hydroxyl groups excluding tert-OH is 1. The molecule has 0 spiro atoms. The second-order valence-electron chi connectivity index (χ2n) is 3.67. The Kier molecular flexibility index (Phi) is 3.08. The number of aliphatic hydroxyl groups is 1. The monoisotopic (exact) mass is 256 g/mol. The van der Waals surface area contributed by atoms with E-state index in [1.807, 2.05) is 18.2 Å². The van der Waals surface area contributed by atoms with Gasteiger partial charge in [0.1, 0.15) is 5.75 Å². The van der Waals surface area contributed by atoms with E-state index >= 15 is 0 Å². The van der Waals surface area contributed by atoms with Crippen LogP contribution >= 0.6 is 15.9 Å². The first-order chi connectivity index (χ1) is 6.79. The van der Waals surface area contributed by atoms with Crippen molar-refractivity contribution >= 4 is 15.9 Å². The lowest BCUT2D eigenvalue weighted by atomic mass is 10.2. The van der Waals surface area contributed by atoms with Crippen LogP contribution in [0.15, 0.2) is 22.7 Å². The molecular formula is C11H13BrO2. The van der Waals surface area contributed by atoms with Crippen LogP contribution in [0.1, 0.15) is 18.4 Å². The number of hydrogen-bond acceptors (Lipinski definition) is 2. The first-order valence-electron chi connectivity index (χ1n) is 4.81. The molecule has 0 unspecified atom stereocenters. The van der Waals surface area contributed by atoms with Crippen LogP contribution in [0.25, 0.3) is 0 Å². The van der Waals surface area contributed by atoms with Gasteiger partial charge in [0, 0.05) is 4.47 Å². The molecule has 14 heavy (non-hydrogen) atoms. The molecule has 0 bridgehead atoms. The average Bonchev–Trinajstić information content (AvgIpc) is 3.00. The molecule has 3 heteroatoms. The van der Waals surface area contributed by atoms with E-state index in [-0.39, 0.29) is 6.61 Å². The highest BCUT2D eigenvalue weighted by Gasteiger charge is 2.21. The molecule has 0 aromatic heterocycles. The number of halogens is 1. The van der Waals surface area contributed by atoms with Crippen LogP contribution < -0.4 is 4.74 Å². The molecule has 1 aromatic rings. The smallest absolute Gasteiger partial charge is 0.119 e. The van der Waals surface area contributed by atoms with Crippen molar-refractivity contribution in [2.45, 2.75) is 19.4 Å². The highest BCUT2D eigenvalue weighted by Crippen LogP contribution is 2.30. The molecule has 0 aliphatic heterocycles. The zero-order valence-electron chi connectivity index (χ0n) is 7.87. The van der Waals surface area contributed by atoms with Crippen molar-refractivity contribution in [2.75, 3.05) is 6.61 Å². The van der Waals surface area contributed by atoms with Gasteiger partial charge in [0.05, 0.1) is 13.2 Å². The maximum atomic E-state index is 9.05. The zero-order valence-corrected chi connectivity index (χ0v) is 9.46. The third kappa shape index (κ3) is 2.49. The Balaban J connectivity index is 2.01. The third-order valence-corrected chi connectivity index (χ3v) is 3.14. The summed E-state index contributed by atoms with van der Waals surface area (Å²) in [5.41, 5.74) is 0.873. The van der Waals surface area contributed by atoms with Crippen molar-refractivity contribution in [2.24, 2.45) is 5.92 Å². The molecule has 2 nitrogen and oxygen atoms in total. The summed E-state index contributed by atoms with van der Waals surface area (Å²) < 4.78 is 6.52. The Morgan fingerprint density at radius 3 is 2.86 bits per heavy atom. The van der Waals surface area contributed by atoms with Gasteiger partial charge in [-0.25, -0.2) is 0 Å². The lowest BCUT2D eigenvalue weighted by Gasteiger charge is -2.07. The molecule has 76 valence electrons. The van der Waals surface area contributed by atoms with Gasteiger partial charge in [-0.15, -0.1) is 0 Å². The van der Waals surface area contributed by atoms with E-state index in [1.165, 1.54) is 12.8 Å². The van der Waals surface area contributed by atoms with Crippen LogP contribution in [0.3, 0.4) is 0 Å². The van der Waals surface area contributed by atoms with Crippen molar-refractivity contribution in [1.82, 2.24) is 0 Å². The van der Waals surface area contributed by atoms with E-state index in [4.69, 9.17) is 9.84 Å². The third-order valence-electron chi connectivity index (χ3n) is 2.37. The van der Waals surface area contributed by atoms with Gasteiger partial charge < -0.3 is 9.84 Å². The fraction of sp³-hybridized carbons (Fsp3) is 0.455. The molecule has 0 atom stereocenters. The van der Waals surface area contributed by atoms with Crippen LogP contribution in [0.5, 0.6) is 5.75 Å². The molecular weight excluding hydrogens is 244 g/mol. The standard InChI is InChI=1S/C11H13BrO2/c12-11-4-3-10(5-9(11)6-13)14-7-8-1-2-8/h3-5,8,13H,1-2,6-7H2. The summed E-state index contributed by atoms with van der Waals surface area (Å²) >= 11 is 3.37. The van der Waals surface area contributed by atoms with Crippen LogP contribution in [0.4, 0.5) is 0 Å². The fourth-order valence-corrected chi connectivity index (χ4v) is 1.63. The zero-order chi connectivity index (χ0) is 9.97. The highest BCUT2D eigenvalue weighted by atomic mass is 79.9. The normalized spacial score (nSPS) is 15.6. The molecule has 0 saturated heterocycles. The Morgan fingerprint density at radius 1 is 1.43 bits per heavy atom. The molecule has 0 radical (unpaired) electrons. The molecule has 2 rings (SSSR count). The van der Waals surface area contributed by atoms with Crippen LogP contribution in [0, 0.1) is 5.92 Å². The Labute approximate surface area is 92.0 Å². The summed E-state index contributed by atoms with van der Waals surface area (Å²) in [6.45, 7) is 0.855. The molecule has 1 aliphatic rings. The second kappa shape index (κ2) is 4.32. The van der Waals surface area contributed by atoms with E-state index in [0.29, 0.717) is 0 Å². The molecule has 0 amide bonds. The fourth-order valence-electron chi connectivity index (χ4n) is 1.26. The van der Waals surface area contributed by atoms with Gasteiger partial charge in [0.15, 0.2) is 0 Å². The minimum atomic E-state index is 0.0429. The summed E-state index contributed by atoms with van der Waals surface area (Å²) in [6, 6.07) is 5.71. The first-order valence-corrected chi connectivity index (χ1v) is 5.61. The quantitative estimate of drug-likeness (QED) is 0.898. The molecule has 1 saturated carbocycles. The maximum absolute atomic E-state index is 9.05. The summed E-state index contributed by atoms with van der Waals surface area (Å²) in [6.07, 6.45) is 2.59. The number of ether oxygens (including phenoxy) is 1. The second-order valence-corrected chi connectivity index (χ2v) is 4.52. The number of benzene rings is 1. The van der Waals surface area contributed by atoms with Gasteiger partial charge >= 0.3 is 0 Å². The summed E-state index contributed by atoms with van der Waals surface area (Å²) in [5, 5.41) is 9.05. The van der Waals surface area contributed by atoms with E-state index in [2.05, 4.69) is 15.9 Å². The van der Waals surface area contributed by atoms with Crippen LogP contribution in [0.2, 0.25) is 0 Å². The van der Waals surface area contributed by atoms with E-state index < -0.39 is 0 Å². The van der Waals surface area contributed by atoms with Crippen molar-refractivity contribution < 1.29 is 9.84 Å². The minimum Gasteiger partial charge on any atom is -0.493 e. The van der Waals surface area contributed by atoms with E-state index in [1.54, 1.807) is 0 Å². The van der Waals surface area contributed by atoms with Gasteiger partial charge in [-0.05, 0) is 42.5 Å². The van der Waals surface area contributed by atoms with Crippen molar-refractivity contribution in [3.8, 4) is 5.75 Å². The van der Waals surface area contributed by atoms with Gasteiger partial charge in [0.25, 0.3) is 0 Å². The molecule has 0 heterocycles. The van der Waals surface area contributed by atoms with Crippen molar-refractivity contribution in [1.29, 1.82) is 0 Å². The number of hydrogen-bond donors (Lipinski definition) is 1. The van der Waals surface area contributed by atoms with Crippen LogP contribution in [-0.2, 0) is 6.61 Å². The Bertz CT molecular complexity index is 321. The van der Waals surface area contributed by atoms with E-state index in [9.17, 15) is 0 Å². The molecule has 1 aliphatic carbocycles. The predicted molar refractivity (Wildman–Crippen MR) is 58.3 cm³/mol. The Hall–Kier alpha value is -0.540. The first kappa shape index (κ1) is 9.99. The Morgan fingerprint density at radius 2 is 2.21 bits per heavy atom. The van der Waals surface area contributed by atoms with Crippen molar-refractivity contribution in [3.63, 3.8) is 0 Å². The molecule has 1 fully saturated rings. The minimum absolute atomic E-state index is 0.0429. The molecule has 1 N–H and O–H groups in total. The van der Waals surface area contributed by atoms with Crippen LogP contribution in [-0.4, -0.2) is 11.7 Å². The lowest BCUT2D eigenvalue weighted by molar-refractivity contribution is 0.276.